The van der Waals surface area contributed by atoms with Crippen molar-refractivity contribution >= 4 is 0 Å². The van der Waals surface area contributed by atoms with Gasteiger partial charge in [-0.1, -0.05) is 67.1 Å². The summed E-state index contributed by atoms with van der Waals surface area (Å²) in [5.74, 6) is 0.558. The fraction of sp³-hybridized carbons (Fsp3) is 0.368. The van der Waals surface area contributed by atoms with Crippen LogP contribution in [0.5, 0.6) is 0 Å². The molecule has 1 nitrogen and oxygen atoms in total. The third kappa shape index (κ3) is 3.71. The fourth-order valence-electron chi connectivity index (χ4n) is 2.88. The molecule has 2 aromatic rings. The Labute approximate surface area is 123 Å². The molecular formula is C19H25N. The molecular weight excluding hydrogens is 242 g/mol. The summed E-state index contributed by atoms with van der Waals surface area (Å²) in [6, 6.07) is 20.2. The van der Waals surface area contributed by atoms with Crippen molar-refractivity contribution in [2.45, 2.75) is 38.6 Å². The molecule has 2 unspecified atom stereocenters. The highest BCUT2D eigenvalue weighted by Crippen LogP contribution is 2.25. The van der Waals surface area contributed by atoms with Gasteiger partial charge in [0.15, 0.2) is 0 Å². The lowest BCUT2D eigenvalue weighted by molar-refractivity contribution is 0.448. The highest BCUT2D eigenvalue weighted by Gasteiger charge is 2.20. The van der Waals surface area contributed by atoms with Gasteiger partial charge in [-0.05, 0) is 43.9 Å². The van der Waals surface area contributed by atoms with Crippen LogP contribution in [-0.2, 0) is 6.42 Å². The molecule has 0 fully saturated rings. The molecule has 0 aromatic heterocycles. The van der Waals surface area contributed by atoms with Crippen LogP contribution >= 0.6 is 0 Å². The van der Waals surface area contributed by atoms with Crippen LogP contribution in [0.25, 0.3) is 0 Å². The second-order valence-electron chi connectivity index (χ2n) is 5.51. The highest BCUT2D eigenvalue weighted by molar-refractivity contribution is 5.25. The molecule has 2 atom stereocenters. The zero-order chi connectivity index (χ0) is 14.4. The third-order valence-electron chi connectivity index (χ3n) is 4.10. The van der Waals surface area contributed by atoms with Crippen molar-refractivity contribution in [3.8, 4) is 0 Å². The Morgan fingerprint density at radius 1 is 0.950 bits per heavy atom. The van der Waals surface area contributed by atoms with Crippen molar-refractivity contribution in [1.29, 1.82) is 0 Å². The van der Waals surface area contributed by atoms with E-state index in [4.69, 9.17) is 0 Å². The van der Waals surface area contributed by atoms with E-state index in [-0.39, 0.29) is 0 Å². The smallest absolute Gasteiger partial charge is 0.0173 e. The van der Waals surface area contributed by atoms with Gasteiger partial charge in [0, 0.05) is 6.04 Å². The van der Waals surface area contributed by atoms with Gasteiger partial charge in [-0.25, -0.2) is 0 Å². The van der Waals surface area contributed by atoms with Crippen molar-refractivity contribution in [2.75, 3.05) is 7.05 Å². The standard InChI is InChI=1S/C19H25N/c1-4-18(17-8-6-5-7-9-17)19(20-3)14-16-12-10-15(2)11-13-16/h5-13,18-20H,4,14H2,1-3H3. The molecule has 1 heteroatoms. The SMILES string of the molecule is CCC(c1ccccc1)C(Cc1ccc(C)cc1)NC. The predicted molar refractivity (Wildman–Crippen MR) is 87.2 cm³/mol. The van der Waals surface area contributed by atoms with Crippen molar-refractivity contribution < 1.29 is 0 Å². The van der Waals surface area contributed by atoms with Crippen molar-refractivity contribution in [3.63, 3.8) is 0 Å². The van der Waals surface area contributed by atoms with E-state index in [1.54, 1.807) is 0 Å². The summed E-state index contributed by atoms with van der Waals surface area (Å²) in [6.07, 6.45) is 2.23. The number of hydrogen-bond donors (Lipinski definition) is 1. The van der Waals surface area contributed by atoms with Gasteiger partial charge in [0.05, 0.1) is 0 Å². The largest absolute Gasteiger partial charge is 0.316 e. The van der Waals surface area contributed by atoms with Gasteiger partial charge < -0.3 is 5.32 Å². The first kappa shape index (κ1) is 14.8. The Hall–Kier alpha value is -1.60. The van der Waals surface area contributed by atoms with Gasteiger partial charge in [0.2, 0.25) is 0 Å². The Kier molecular flexibility index (Phi) is 5.37. The van der Waals surface area contributed by atoms with Gasteiger partial charge in [-0.2, -0.15) is 0 Å². The molecule has 0 aliphatic carbocycles. The molecule has 0 amide bonds. The van der Waals surface area contributed by atoms with Crippen molar-refractivity contribution in [2.24, 2.45) is 0 Å². The molecule has 2 aromatic carbocycles. The van der Waals surface area contributed by atoms with Crippen LogP contribution in [0.4, 0.5) is 0 Å². The van der Waals surface area contributed by atoms with E-state index in [2.05, 4.69) is 80.8 Å². The molecule has 20 heavy (non-hydrogen) atoms. The zero-order valence-electron chi connectivity index (χ0n) is 12.8. The van der Waals surface area contributed by atoms with Crippen LogP contribution in [0.1, 0.15) is 36.0 Å². The maximum absolute atomic E-state index is 3.51. The molecule has 0 spiro atoms. The monoisotopic (exact) mass is 267 g/mol. The van der Waals surface area contributed by atoms with Gasteiger partial charge in [-0.15, -0.1) is 0 Å². The first-order valence-electron chi connectivity index (χ1n) is 7.52. The van der Waals surface area contributed by atoms with E-state index in [0.29, 0.717) is 12.0 Å². The fourth-order valence-corrected chi connectivity index (χ4v) is 2.88. The van der Waals surface area contributed by atoms with E-state index in [9.17, 15) is 0 Å². The molecule has 0 saturated carbocycles. The first-order valence-corrected chi connectivity index (χ1v) is 7.52. The predicted octanol–water partition coefficient (Wildman–Crippen LogP) is 4.32. The summed E-state index contributed by atoms with van der Waals surface area (Å²) in [5.41, 5.74) is 4.16. The maximum atomic E-state index is 3.51. The van der Waals surface area contributed by atoms with Crippen molar-refractivity contribution in [1.82, 2.24) is 5.32 Å². The van der Waals surface area contributed by atoms with Crippen LogP contribution in [-0.4, -0.2) is 13.1 Å². The Morgan fingerprint density at radius 2 is 1.60 bits per heavy atom. The average Bonchev–Trinajstić information content (AvgIpc) is 2.50. The Bertz CT molecular complexity index is 501. The van der Waals surface area contributed by atoms with Gasteiger partial charge in [0.25, 0.3) is 0 Å². The first-order chi connectivity index (χ1) is 9.74. The minimum Gasteiger partial charge on any atom is -0.316 e. The number of nitrogens with one attached hydrogen (secondary N) is 1. The van der Waals surface area contributed by atoms with E-state index in [0.717, 1.165) is 12.8 Å². The van der Waals surface area contributed by atoms with E-state index >= 15 is 0 Å². The van der Waals surface area contributed by atoms with Crippen LogP contribution in [0.2, 0.25) is 0 Å². The molecule has 1 N–H and O–H groups in total. The minimum absolute atomic E-state index is 0.477. The summed E-state index contributed by atoms with van der Waals surface area (Å²) < 4.78 is 0. The Morgan fingerprint density at radius 3 is 2.15 bits per heavy atom. The summed E-state index contributed by atoms with van der Waals surface area (Å²) in [4.78, 5) is 0. The van der Waals surface area contributed by atoms with Gasteiger partial charge >= 0.3 is 0 Å². The highest BCUT2D eigenvalue weighted by atomic mass is 14.9. The van der Waals surface area contributed by atoms with E-state index < -0.39 is 0 Å². The van der Waals surface area contributed by atoms with Crippen LogP contribution in [0.15, 0.2) is 54.6 Å². The summed E-state index contributed by atoms with van der Waals surface area (Å²) in [6.45, 7) is 4.41. The summed E-state index contributed by atoms with van der Waals surface area (Å²) >= 11 is 0. The molecule has 0 heterocycles. The Balaban J connectivity index is 2.15. The summed E-state index contributed by atoms with van der Waals surface area (Å²) in [7, 11) is 2.07. The quantitative estimate of drug-likeness (QED) is 0.822. The summed E-state index contributed by atoms with van der Waals surface area (Å²) in [5, 5.41) is 3.51. The van der Waals surface area contributed by atoms with Crippen molar-refractivity contribution in [3.05, 3.63) is 71.3 Å². The minimum atomic E-state index is 0.477. The van der Waals surface area contributed by atoms with E-state index in [1.165, 1.54) is 16.7 Å². The van der Waals surface area contributed by atoms with E-state index in [1.807, 2.05) is 0 Å². The molecule has 106 valence electrons. The molecule has 0 radical (unpaired) electrons. The molecule has 0 aliphatic heterocycles. The number of likely N-dealkylation sites (N-methyl/N-ethyl adjacent to an activating group) is 1. The second kappa shape index (κ2) is 7.25. The van der Waals surface area contributed by atoms with Crippen LogP contribution < -0.4 is 5.32 Å². The third-order valence-corrected chi connectivity index (χ3v) is 4.10. The zero-order valence-corrected chi connectivity index (χ0v) is 12.8. The normalized spacial score (nSPS) is 13.9. The molecule has 2 rings (SSSR count). The van der Waals surface area contributed by atoms with Gasteiger partial charge in [0.1, 0.15) is 0 Å². The lowest BCUT2D eigenvalue weighted by Crippen LogP contribution is -2.34. The van der Waals surface area contributed by atoms with Crippen LogP contribution in [0, 0.1) is 6.92 Å². The molecule has 0 saturated heterocycles. The number of benzene rings is 2. The number of aryl methyl sites for hydroxylation is 1. The lowest BCUT2D eigenvalue weighted by Gasteiger charge is -2.26. The van der Waals surface area contributed by atoms with Gasteiger partial charge in [-0.3, -0.25) is 0 Å². The topological polar surface area (TPSA) is 12.0 Å². The lowest BCUT2D eigenvalue weighted by atomic mass is 9.85. The second-order valence-corrected chi connectivity index (χ2v) is 5.51. The maximum Gasteiger partial charge on any atom is 0.0173 e. The average molecular weight is 267 g/mol. The molecule has 0 bridgehead atoms. The number of hydrogen-bond acceptors (Lipinski definition) is 1. The number of rotatable bonds is 6. The van der Waals surface area contributed by atoms with Crippen LogP contribution in [0.3, 0.4) is 0 Å². The molecule has 0 aliphatic rings.